The van der Waals surface area contributed by atoms with Gasteiger partial charge < -0.3 is 20.5 Å². The second kappa shape index (κ2) is 7.89. The van der Waals surface area contributed by atoms with Gasteiger partial charge in [0.05, 0.1) is 29.1 Å². The maximum absolute atomic E-state index is 13.0. The van der Waals surface area contributed by atoms with E-state index in [9.17, 15) is 14.9 Å². The van der Waals surface area contributed by atoms with E-state index in [0.717, 1.165) is 12.0 Å². The van der Waals surface area contributed by atoms with Crippen LogP contribution >= 0.6 is 0 Å². The molecule has 160 valence electrons. The lowest BCUT2D eigenvalue weighted by atomic mass is 10.0. The Kier molecular flexibility index (Phi) is 4.91. The van der Waals surface area contributed by atoms with Gasteiger partial charge >= 0.3 is 6.03 Å². The minimum atomic E-state index is -0.652. The maximum atomic E-state index is 13.0. The molecule has 0 bridgehead atoms. The molecule has 2 atom stereocenters. The molecule has 2 heterocycles. The number of nitrogens with zero attached hydrogens (tertiary/aromatic N) is 3. The zero-order valence-corrected chi connectivity index (χ0v) is 17.5. The van der Waals surface area contributed by atoms with Gasteiger partial charge in [0.15, 0.2) is 0 Å². The summed E-state index contributed by atoms with van der Waals surface area (Å²) in [6, 6.07) is 21.8. The standard InChI is InChI=1S/C25H23N5O2/c26-14-19-22(24(27)31)21-15-29(11-12-30(21)23(19)17-9-5-2-6-10-17)25(32)28-20-13-18(20)16-7-3-1-4-8-16/h1-10,18,20H,11-13,15H2,(H2,27,31)(H,28,32). The number of primary amides is 1. The zero-order valence-electron chi connectivity index (χ0n) is 17.5. The van der Waals surface area contributed by atoms with Crippen LogP contribution in [0.1, 0.15) is 39.5 Å². The van der Waals surface area contributed by atoms with Crippen molar-refractivity contribution in [3.63, 3.8) is 0 Å². The maximum Gasteiger partial charge on any atom is 0.318 e. The molecule has 1 saturated carbocycles. The number of amides is 3. The molecular formula is C25H23N5O2. The first-order chi connectivity index (χ1) is 15.6. The van der Waals surface area contributed by atoms with Crippen molar-refractivity contribution in [2.75, 3.05) is 6.54 Å². The van der Waals surface area contributed by atoms with Crippen LogP contribution in [-0.2, 0) is 13.1 Å². The third-order valence-electron chi connectivity index (χ3n) is 6.32. The topological polar surface area (TPSA) is 104 Å². The van der Waals surface area contributed by atoms with Crippen LogP contribution in [0, 0.1) is 11.3 Å². The van der Waals surface area contributed by atoms with Crippen LogP contribution in [0.25, 0.3) is 11.3 Å². The largest absolute Gasteiger partial charge is 0.366 e. The van der Waals surface area contributed by atoms with Crippen LogP contribution in [0.4, 0.5) is 4.79 Å². The lowest BCUT2D eigenvalue weighted by Crippen LogP contribution is -2.45. The SMILES string of the molecule is N#Cc1c(C(N)=O)c2n(c1-c1ccccc1)CCN(C(=O)NC1CC1c1ccccc1)C2. The van der Waals surface area contributed by atoms with Gasteiger partial charge in [-0.3, -0.25) is 4.79 Å². The number of hydrogen-bond donors (Lipinski definition) is 2. The van der Waals surface area contributed by atoms with Crippen molar-refractivity contribution in [3.05, 3.63) is 83.0 Å². The van der Waals surface area contributed by atoms with Crippen LogP contribution < -0.4 is 11.1 Å². The number of rotatable bonds is 4. The third kappa shape index (κ3) is 3.40. The van der Waals surface area contributed by atoms with Crippen molar-refractivity contribution in [2.24, 2.45) is 5.73 Å². The Morgan fingerprint density at radius 2 is 1.72 bits per heavy atom. The number of hydrogen-bond acceptors (Lipinski definition) is 3. The second-order valence-electron chi connectivity index (χ2n) is 8.27. The van der Waals surface area contributed by atoms with Gasteiger partial charge in [0, 0.05) is 25.0 Å². The van der Waals surface area contributed by atoms with E-state index >= 15 is 0 Å². The third-order valence-corrected chi connectivity index (χ3v) is 6.32. The van der Waals surface area contributed by atoms with Crippen LogP contribution in [-0.4, -0.2) is 34.0 Å². The number of benzene rings is 2. The van der Waals surface area contributed by atoms with E-state index in [1.54, 1.807) is 4.90 Å². The molecule has 3 amide bonds. The molecule has 3 N–H and O–H groups in total. The van der Waals surface area contributed by atoms with Crippen LogP contribution in [0.15, 0.2) is 60.7 Å². The summed E-state index contributed by atoms with van der Waals surface area (Å²) in [7, 11) is 0. The Balaban J connectivity index is 1.40. The molecule has 2 aliphatic rings. The fraction of sp³-hybridized carbons (Fsp3) is 0.240. The first kappa shape index (κ1) is 19.9. The summed E-state index contributed by atoms with van der Waals surface area (Å²) < 4.78 is 1.96. The molecule has 1 aromatic heterocycles. The highest BCUT2D eigenvalue weighted by Crippen LogP contribution is 2.41. The lowest BCUT2D eigenvalue weighted by Gasteiger charge is -2.30. The number of fused-ring (bicyclic) bond motifs is 1. The molecule has 7 heteroatoms. The van der Waals surface area contributed by atoms with Gasteiger partial charge in [0.25, 0.3) is 5.91 Å². The Morgan fingerprint density at radius 1 is 1.03 bits per heavy atom. The molecule has 5 rings (SSSR count). The van der Waals surface area contributed by atoms with Crippen molar-refractivity contribution in [3.8, 4) is 17.3 Å². The average Bonchev–Trinajstić information content (AvgIpc) is 3.50. The van der Waals surface area contributed by atoms with Gasteiger partial charge in [-0.1, -0.05) is 60.7 Å². The van der Waals surface area contributed by atoms with Crippen molar-refractivity contribution >= 4 is 11.9 Å². The molecule has 1 aliphatic carbocycles. The zero-order chi connectivity index (χ0) is 22.2. The summed E-state index contributed by atoms with van der Waals surface area (Å²) in [4.78, 5) is 27.0. The van der Waals surface area contributed by atoms with Crippen molar-refractivity contribution in [2.45, 2.75) is 31.5 Å². The van der Waals surface area contributed by atoms with Gasteiger partial charge in [-0.05, 0) is 17.5 Å². The van der Waals surface area contributed by atoms with Crippen molar-refractivity contribution < 1.29 is 9.59 Å². The van der Waals surface area contributed by atoms with Crippen LogP contribution in [0.5, 0.6) is 0 Å². The summed E-state index contributed by atoms with van der Waals surface area (Å²) >= 11 is 0. The summed E-state index contributed by atoms with van der Waals surface area (Å²) in [5, 5.41) is 12.9. The quantitative estimate of drug-likeness (QED) is 0.671. The number of nitriles is 1. The number of carbonyl (C=O) groups is 2. The van der Waals surface area contributed by atoms with Gasteiger partial charge in [0.1, 0.15) is 6.07 Å². The van der Waals surface area contributed by atoms with E-state index < -0.39 is 5.91 Å². The van der Waals surface area contributed by atoms with Crippen LogP contribution in [0.3, 0.4) is 0 Å². The van der Waals surface area contributed by atoms with E-state index in [1.807, 2.05) is 53.1 Å². The lowest BCUT2D eigenvalue weighted by molar-refractivity contribution is 0.0996. The molecule has 0 spiro atoms. The van der Waals surface area contributed by atoms with Gasteiger partial charge in [0.2, 0.25) is 0 Å². The fourth-order valence-corrected chi connectivity index (χ4v) is 4.68. The number of carbonyl (C=O) groups excluding carboxylic acids is 2. The van der Waals surface area contributed by atoms with Gasteiger partial charge in [-0.25, -0.2) is 4.79 Å². The van der Waals surface area contributed by atoms with E-state index in [1.165, 1.54) is 5.56 Å². The summed E-state index contributed by atoms with van der Waals surface area (Å²) in [5.41, 5.74) is 9.53. The summed E-state index contributed by atoms with van der Waals surface area (Å²) in [6.07, 6.45) is 0.920. The summed E-state index contributed by atoms with van der Waals surface area (Å²) in [5.74, 6) is -0.314. The Morgan fingerprint density at radius 3 is 2.38 bits per heavy atom. The Hall–Kier alpha value is -4.05. The molecule has 0 radical (unpaired) electrons. The monoisotopic (exact) mass is 425 g/mol. The van der Waals surface area contributed by atoms with Crippen molar-refractivity contribution in [1.29, 1.82) is 5.26 Å². The first-order valence-corrected chi connectivity index (χ1v) is 10.7. The minimum absolute atomic E-state index is 0.115. The summed E-state index contributed by atoms with van der Waals surface area (Å²) in [6.45, 7) is 1.20. The molecule has 0 saturated heterocycles. The van der Waals surface area contributed by atoms with Crippen LogP contribution in [0.2, 0.25) is 0 Å². The minimum Gasteiger partial charge on any atom is -0.366 e. The number of nitrogens with two attached hydrogens (primary N) is 1. The van der Waals surface area contributed by atoms with E-state index in [-0.39, 0.29) is 29.7 Å². The van der Waals surface area contributed by atoms with E-state index in [2.05, 4.69) is 23.5 Å². The van der Waals surface area contributed by atoms with Gasteiger partial charge in [-0.2, -0.15) is 5.26 Å². The average molecular weight is 425 g/mol. The predicted molar refractivity (Wildman–Crippen MR) is 120 cm³/mol. The first-order valence-electron chi connectivity index (χ1n) is 10.7. The normalized spacial score (nSPS) is 19.0. The fourth-order valence-electron chi connectivity index (χ4n) is 4.68. The van der Waals surface area contributed by atoms with E-state index in [0.29, 0.717) is 30.4 Å². The molecular weight excluding hydrogens is 402 g/mol. The number of nitrogens with one attached hydrogen (secondary N) is 1. The molecule has 7 nitrogen and oxygen atoms in total. The predicted octanol–water partition coefficient (Wildman–Crippen LogP) is 3.21. The molecule has 32 heavy (non-hydrogen) atoms. The Bertz CT molecular complexity index is 1230. The Labute approximate surface area is 186 Å². The molecule has 1 fully saturated rings. The molecule has 1 aliphatic heterocycles. The second-order valence-corrected chi connectivity index (χ2v) is 8.27. The van der Waals surface area contributed by atoms with Crippen molar-refractivity contribution in [1.82, 2.24) is 14.8 Å². The highest BCUT2D eigenvalue weighted by molar-refractivity contribution is 5.99. The van der Waals surface area contributed by atoms with E-state index in [4.69, 9.17) is 5.73 Å². The highest BCUT2D eigenvalue weighted by Gasteiger charge is 2.41. The highest BCUT2D eigenvalue weighted by atomic mass is 16.2. The molecule has 2 unspecified atom stereocenters. The molecule has 3 aromatic rings. The number of aromatic nitrogens is 1. The number of urea groups is 1. The van der Waals surface area contributed by atoms with Gasteiger partial charge in [-0.15, -0.1) is 0 Å². The molecule has 2 aromatic carbocycles. The smallest absolute Gasteiger partial charge is 0.318 e.